The second-order valence-electron chi connectivity index (χ2n) is 7.90. The molecule has 0 radical (unpaired) electrons. The first-order valence-corrected chi connectivity index (χ1v) is 10.9. The minimum atomic E-state index is -0.602. The Labute approximate surface area is 190 Å². The van der Waals surface area contributed by atoms with Crippen molar-refractivity contribution in [2.45, 2.75) is 25.3 Å². The fourth-order valence-corrected chi connectivity index (χ4v) is 4.38. The van der Waals surface area contributed by atoms with Crippen molar-refractivity contribution in [2.75, 3.05) is 4.90 Å². The first-order valence-electron chi connectivity index (χ1n) is 10.5. The Kier molecular flexibility index (Phi) is 5.41. The zero-order valence-electron chi connectivity index (χ0n) is 17.3. The maximum Gasteiger partial charge on any atom is 0.421 e. The van der Waals surface area contributed by atoms with E-state index in [2.05, 4.69) is 4.98 Å². The number of carbonyl (C=O) groups is 2. The molecular weight excluding hydrogens is 424 g/mol. The zero-order valence-corrected chi connectivity index (χ0v) is 18.0. The number of para-hydroxylation sites is 1. The summed E-state index contributed by atoms with van der Waals surface area (Å²) in [5.41, 5.74) is 2.60. The Morgan fingerprint density at radius 2 is 1.78 bits per heavy atom. The fraction of sp³-hybridized carbons (Fsp3) is 0.154. The van der Waals surface area contributed by atoms with Gasteiger partial charge in [0.15, 0.2) is 5.78 Å². The van der Waals surface area contributed by atoms with Gasteiger partial charge in [0.1, 0.15) is 0 Å². The van der Waals surface area contributed by atoms with E-state index in [1.807, 2.05) is 72.8 Å². The predicted octanol–water partition coefficient (Wildman–Crippen LogP) is 5.95. The van der Waals surface area contributed by atoms with E-state index < -0.39 is 12.1 Å². The number of rotatable bonds is 4. The van der Waals surface area contributed by atoms with Crippen molar-refractivity contribution in [3.8, 4) is 5.88 Å². The Morgan fingerprint density at radius 3 is 2.62 bits per heavy atom. The number of hydrogen-bond donors (Lipinski definition) is 1. The van der Waals surface area contributed by atoms with Crippen LogP contribution in [0.3, 0.4) is 0 Å². The monoisotopic (exact) mass is 444 g/mol. The molecule has 5 rings (SSSR count). The number of amides is 1. The zero-order chi connectivity index (χ0) is 22.1. The number of aryl methyl sites for hydroxylation is 1. The van der Waals surface area contributed by atoms with Crippen molar-refractivity contribution in [1.82, 2.24) is 4.98 Å². The summed E-state index contributed by atoms with van der Waals surface area (Å²) in [5, 5.41) is 2.43. The van der Waals surface area contributed by atoms with E-state index in [9.17, 15) is 9.59 Å². The van der Waals surface area contributed by atoms with Crippen LogP contribution < -0.4 is 9.64 Å². The molecule has 0 saturated heterocycles. The van der Waals surface area contributed by atoms with Gasteiger partial charge in [-0.25, -0.2) is 4.79 Å². The number of aromatic amines is 1. The van der Waals surface area contributed by atoms with Gasteiger partial charge in [0.05, 0.1) is 11.7 Å². The van der Waals surface area contributed by atoms with E-state index in [-0.39, 0.29) is 5.78 Å². The number of carbonyl (C=O) groups excluding carboxylic acids is 2. The lowest BCUT2D eigenvalue weighted by Crippen LogP contribution is -2.50. The fourth-order valence-electron chi connectivity index (χ4n) is 4.25. The molecule has 6 heteroatoms. The van der Waals surface area contributed by atoms with E-state index in [0.29, 0.717) is 35.9 Å². The second kappa shape index (κ2) is 8.52. The maximum atomic E-state index is 13.4. The summed E-state index contributed by atoms with van der Waals surface area (Å²) >= 11 is 5.99. The Morgan fingerprint density at radius 1 is 1.03 bits per heavy atom. The van der Waals surface area contributed by atoms with E-state index in [1.165, 1.54) is 4.90 Å². The average molecular weight is 445 g/mol. The third-order valence-electron chi connectivity index (χ3n) is 5.87. The lowest BCUT2D eigenvalue weighted by molar-refractivity contribution is -0.120. The molecule has 0 bridgehead atoms. The van der Waals surface area contributed by atoms with Crippen molar-refractivity contribution in [2.24, 2.45) is 0 Å². The predicted molar refractivity (Wildman–Crippen MR) is 126 cm³/mol. The van der Waals surface area contributed by atoms with E-state index in [4.69, 9.17) is 16.3 Å². The topological polar surface area (TPSA) is 62.4 Å². The summed E-state index contributed by atoms with van der Waals surface area (Å²) in [6, 6.07) is 22.1. The molecule has 1 aliphatic heterocycles. The summed E-state index contributed by atoms with van der Waals surface area (Å²) < 4.78 is 5.77. The molecule has 1 atom stereocenters. The number of ether oxygens (including phenoxy) is 1. The smallest absolute Gasteiger partial charge is 0.392 e. The van der Waals surface area contributed by atoms with E-state index in [0.717, 1.165) is 21.9 Å². The van der Waals surface area contributed by atoms with Gasteiger partial charge in [0, 0.05) is 28.4 Å². The molecule has 160 valence electrons. The molecule has 0 aliphatic carbocycles. The normalized spacial score (nSPS) is 15.6. The molecular formula is C26H21ClN2O3. The highest BCUT2D eigenvalue weighted by Crippen LogP contribution is 2.33. The number of halogens is 1. The lowest BCUT2D eigenvalue weighted by Gasteiger charge is -2.35. The molecule has 0 fully saturated rings. The van der Waals surface area contributed by atoms with Crippen LogP contribution in [0.2, 0.25) is 5.02 Å². The van der Waals surface area contributed by atoms with E-state index in [1.54, 1.807) is 6.20 Å². The van der Waals surface area contributed by atoms with Crippen LogP contribution in [0.5, 0.6) is 5.88 Å². The van der Waals surface area contributed by atoms with Crippen molar-refractivity contribution >= 4 is 39.9 Å². The molecule has 0 spiro atoms. The van der Waals surface area contributed by atoms with Crippen LogP contribution in [0.25, 0.3) is 10.8 Å². The van der Waals surface area contributed by atoms with Crippen molar-refractivity contribution in [3.05, 3.63) is 95.1 Å². The van der Waals surface area contributed by atoms with Gasteiger partial charge in [-0.1, -0.05) is 60.1 Å². The highest BCUT2D eigenvalue weighted by molar-refractivity contribution is 6.30. The molecule has 1 amide bonds. The molecule has 0 saturated carbocycles. The third-order valence-corrected chi connectivity index (χ3v) is 6.12. The van der Waals surface area contributed by atoms with Gasteiger partial charge in [-0.15, -0.1) is 0 Å². The first-order chi connectivity index (χ1) is 15.6. The van der Waals surface area contributed by atoms with Crippen molar-refractivity contribution < 1.29 is 14.3 Å². The number of aromatic nitrogens is 1. The van der Waals surface area contributed by atoms with Crippen LogP contribution in [-0.4, -0.2) is 22.9 Å². The summed E-state index contributed by atoms with van der Waals surface area (Å²) in [6.07, 6.45) is 2.67. The number of Topliss-reactive ketones (excluding diaryl/α,β-unsaturated/α-hetero) is 1. The first kappa shape index (κ1) is 20.3. The van der Waals surface area contributed by atoms with Gasteiger partial charge in [-0.3, -0.25) is 9.69 Å². The molecule has 5 nitrogen and oxygen atoms in total. The van der Waals surface area contributed by atoms with Crippen molar-refractivity contribution in [3.63, 3.8) is 0 Å². The Balaban J connectivity index is 1.45. The molecule has 1 aliphatic rings. The maximum absolute atomic E-state index is 13.4. The summed E-state index contributed by atoms with van der Waals surface area (Å²) in [7, 11) is 0. The highest BCUT2D eigenvalue weighted by Gasteiger charge is 2.37. The number of fused-ring (bicyclic) bond motifs is 2. The van der Waals surface area contributed by atoms with Gasteiger partial charge in [-0.2, -0.15) is 0 Å². The highest BCUT2D eigenvalue weighted by atomic mass is 35.5. The number of nitrogens with zero attached hydrogens (tertiary/aromatic N) is 1. The molecule has 1 unspecified atom stereocenters. The van der Waals surface area contributed by atoms with Crippen LogP contribution in [0, 0.1) is 0 Å². The van der Waals surface area contributed by atoms with Crippen LogP contribution in [0.1, 0.15) is 17.5 Å². The number of ketones is 1. The van der Waals surface area contributed by atoms with Crippen LogP contribution >= 0.6 is 11.6 Å². The van der Waals surface area contributed by atoms with Gasteiger partial charge in [-0.05, 0) is 48.2 Å². The SMILES string of the molecule is O=C1Cc2ccccc2N(C(=O)Oc2[nH]cc3ccccc23)C1CCc1ccc(Cl)cc1. The summed E-state index contributed by atoms with van der Waals surface area (Å²) in [6.45, 7) is 0. The van der Waals surface area contributed by atoms with Crippen LogP contribution in [0.4, 0.5) is 10.5 Å². The third kappa shape index (κ3) is 3.87. The standard InChI is InChI=1S/C26H21ClN2O3/c27-20-12-9-17(10-13-20)11-14-23-24(30)15-18-5-2-4-8-22(18)29(23)26(31)32-25-21-7-3-1-6-19(21)16-28-25/h1-10,12-13,16,23,28H,11,14-15H2. The number of benzene rings is 3. The molecule has 32 heavy (non-hydrogen) atoms. The quantitative estimate of drug-likeness (QED) is 0.423. The largest absolute Gasteiger partial charge is 0.421 e. The minimum absolute atomic E-state index is 0.00552. The summed E-state index contributed by atoms with van der Waals surface area (Å²) in [4.78, 5) is 31.0. The Hall–Kier alpha value is -3.57. The van der Waals surface area contributed by atoms with Gasteiger partial charge < -0.3 is 9.72 Å². The lowest BCUT2D eigenvalue weighted by atomic mass is 9.91. The molecule has 1 N–H and O–H groups in total. The number of anilines is 1. The van der Waals surface area contributed by atoms with Gasteiger partial charge >= 0.3 is 6.09 Å². The molecule has 1 aromatic heterocycles. The van der Waals surface area contributed by atoms with Crippen LogP contribution in [0.15, 0.2) is 79.0 Å². The number of H-pyrrole nitrogens is 1. The number of nitrogens with one attached hydrogen (secondary N) is 1. The minimum Gasteiger partial charge on any atom is -0.392 e. The molecule has 2 heterocycles. The van der Waals surface area contributed by atoms with Gasteiger partial charge in [0.2, 0.25) is 5.88 Å². The Bertz CT molecular complexity index is 1300. The second-order valence-corrected chi connectivity index (χ2v) is 8.33. The molecule has 3 aromatic carbocycles. The number of hydrogen-bond acceptors (Lipinski definition) is 3. The van der Waals surface area contributed by atoms with Crippen molar-refractivity contribution in [1.29, 1.82) is 0 Å². The van der Waals surface area contributed by atoms with Gasteiger partial charge in [0.25, 0.3) is 0 Å². The average Bonchev–Trinajstić information content (AvgIpc) is 3.21. The van der Waals surface area contributed by atoms with E-state index >= 15 is 0 Å². The summed E-state index contributed by atoms with van der Waals surface area (Å²) in [5.74, 6) is 0.378. The van der Waals surface area contributed by atoms with Crippen LogP contribution in [-0.2, 0) is 17.6 Å². The molecule has 4 aromatic rings.